The molecular formula is C6H13N2NaO4S2. The Morgan fingerprint density at radius 3 is 1.47 bits per heavy atom. The van der Waals surface area contributed by atoms with Crippen LogP contribution in [0.2, 0.25) is 0 Å². The quantitative estimate of drug-likeness (QED) is 0.250. The predicted octanol–water partition coefficient (Wildman–Crippen LogP) is -1.46. The van der Waals surface area contributed by atoms with E-state index in [0.29, 0.717) is 0 Å². The van der Waals surface area contributed by atoms with Crippen LogP contribution in [-0.2, 0) is 9.59 Å². The van der Waals surface area contributed by atoms with Gasteiger partial charge in [-0.15, -0.1) is 0 Å². The van der Waals surface area contributed by atoms with Crippen LogP contribution in [0.25, 0.3) is 0 Å². The Morgan fingerprint density at radius 1 is 1.00 bits per heavy atom. The zero-order chi connectivity index (χ0) is 11.1. The summed E-state index contributed by atoms with van der Waals surface area (Å²) >= 11 is 0. The number of carbonyl (C=O) groups is 2. The number of hydrogen-bond donors (Lipinski definition) is 4. The van der Waals surface area contributed by atoms with Crippen LogP contribution in [0.1, 0.15) is 0 Å². The van der Waals surface area contributed by atoms with Gasteiger partial charge < -0.3 is 21.7 Å². The van der Waals surface area contributed by atoms with Gasteiger partial charge in [0.05, 0.1) is 0 Å². The standard InChI is InChI=1S/C6H12N2O4S2.Na.H/c7-3(5(9)10)1-13-14-2-4(8)6(11)12;;/h3-4H,1-2,7-8H2,(H,9,10)(H,11,12);;/t3-,4-;;/m0../s1. The van der Waals surface area contributed by atoms with Gasteiger partial charge in [-0.05, 0) is 0 Å². The summed E-state index contributed by atoms with van der Waals surface area (Å²) in [6.07, 6.45) is 0. The molecule has 0 rings (SSSR count). The van der Waals surface area contributed by atoms with Gasteiger partial charge in [-0.25, -0.2) is 0 Å². The molecule has 0 bridgehead atoms. The molecule has 0 aliphatic carbocycles. The Balaban J connectivity index is 0. The molecule has 0 aromatic carbocycles. The maximum atomic E-state index is 10.3. The molecule has 6 nitrogen and oxygen atoms in total. The predicted molar refractivity (Wildman–Crippen MR) is 63.3 cm³/mol. The summed E-state index contributed by atoms with van der Waals surface area (Å²) in [6, 6.07) is -1.85. The molecule has 0 aliphatic heterocycles. The monoisotopic (exact) mass is 264 g/mol. The third kappa shape index (κ3) is 9.49. The molecule has 0 aromatic rings. The van der Waals surface area contributed by atoms with Crippen molar-refractivity contribution in [3.8, 4) is 0 Å². The molecule has 9 heteroatoms. The van der Waals surface area contributed by atoms with Crippen molar-refractivity contribution in [2.24, 2.45) is 11.5 Å². The Morgan fingerprint density at radius 2 is 1.27 bits per heavy atom. The molecule has 6 N–H and O–H groups in total. The summed E-state index contributed by atoms with van der Waals surface area (Å²) in [5.74, 6) is -1.68. The number of carboxylic acids is 2. The molecule has 0 aromatic heterocycles. The molecule has 0 unspecified atom stereocenters. The fourth-order valence-corrected chi connectivity index (χ4v) is 2.61. The second kappa shape index (κ2) is 9.76. The number of hydrogen-bond acceptors (Lipinski definition) is 6. The third-order valence-corrected chi connectivity index (χ3v) is 3.69. The summed E-state index contributed by atoms with van der Waals surface area (Å²) in [6.45, 7) is 0. The van der Waals surface area contributed by atoms with Gasteiger partial charge in [0.1, 0.15) is 12.1 Å². The molecular weight excluding hydrogens is 251 g/mol. The fourth-order valence-electron chi connectivity index (χ4n) is 0.385. The van der Waals surface area contributed by atoms with E-state index in [9.17, 15) is 9.59 Å². The molecule has 0 radical (unpaired) electrons. The summed E-state index contributed by atoms with van der Waals surface area (Å²) in [7, 11) is 2.41. The van der Waals surface area contributed by atoms with Gasteiger partial charge in [0.25, 0.3) is 0 Å². The minimum atomic E-state index is -1.07. The first-order valence-corrected chi connectivity index (χ1v) is 6.15. The normalized spacial score (nSPS) is 13.7. The zero-order valence-electron chi connectivity index (χ0n) is 7.25. The SMILES string of the molecule is N[C@@H](CSSC[C@H](N)C(=O)O)C(=O)O.[NaH]. The average Bonchev–Trinajstić information content (AvgIpc) is 2.11. The van der Waals surface area contributed by atoms with Gasteiger partial charge in [0.2, 0.25) is 0 Å². The van der Waals surface area contributed by atoms with E-state index in [1.54, 1.807) is 0 Å². The fraction of sp³-hybridized carbons (Fsp3) is 0.667. The number of carboxylic acid groups (broad SMARTS) is 2. The van der Waals surface area contributed by atoms with Crippen LogP contribution in [0.4, 0.5) is 0 Å². The molecule has 84 valence electrons. The van der Waals surface area contributed by atoms with E-state index in [4.69, 9.17) is 21.7 Å². The molecule has 0 saturated carbocycles. The van der Waals surface area contributed by atoms with Gasteiger partial charge in [-0.3, -0.25) is 9.59 Å². The molecule has 0 aliphatic rings. The Labute approximate surface area is 117 Å². The number of aliphatic carboxylic acids is 2. The van der Waals surface area contributed by atoms with Crippen LogP contribution in [0.15, 0.2) is 0 Å². The van der Waals surface area contributed by atoms with Crippen molar-refractivity contribution in [2.75, 3.05) is 11.5 Å². The van der Waals surface area contributed by atoms with Crippen LogP contribution >= 0.6 is 21.6 Å². The van der Waals surface area contributed by atoms with E-state index in [1.807, 2.05) is 0 Å². The molecule has 0 fully saturated rings. The molecule has 0 spiro atoms. The molecule has 15 heavy (non-hydrogen) atoms. The van der Waals surface area contributed by atoms with Gasteiger partial charge in [0, 0.05) is 11.5 Å². The Kier molecular flexibility index (Phi) is 11.7. The summed E-state index contributed by atoms with van der Waals surface area (Å²) in [4.78, 5) is 20.5. The molecule has 0 saturated heterocycles. The summed E-state index contributed by atoms with van der Waals surface area (Å²) in [5, 5.41) is 16.8. The first kappa shape index (κ1) is 17.9. The van der Waals surface area contributed by atoms with Crippen LogP contribution in [-0.4, -0.2) is 75.3 Å². The van der Waals surface area contributed by atoms with Crippen LogP contribution in [0, 0.1) is 0 Å². The zero-order valence-corrected chi connectivity index (χ0v) is 8.88. The van der Waals surface area contributed by atoms with Crippen LogP contribution < -0.4 is 11.5 Å². The summed E-state index contributed by atoms with van der Waals surface area (Å²) < 4.78 is 0. The minimum absolute atomic E-state index is 0. The Bertz CT molecular complexity index is 197. The van der Waals surface area contributed by atoms with Crippen molar-refractivity contribution in [3.05, 3.63) is 0 Å². The van der Waals surface area contributed by atoms with Gasteiger partial charge in [-0.1, -0.05) is 21.6 Å². The van der Waals surface area contributed by atoms with Crippen molar-refractivity contribution in [1.82, 2.24) is 0 Å². The van der Waals surface area contributed by atoms with Gasteiger partial charge in [-0.2, -0.15) is 0 Å². The molecule has 0 amide bonds. The molecule has 2 atom stereocenters. The Hall–Kier alpha value is 0.560. The first-order valence-electron chi connectivity index (χ1n) is 3.66. The second-order valence-electron chi connectivity index (χ2n) is 2.46. The van der Waals surface area contributed by atoms with Crippen molar-refractivity contribution >= 4 is 63.1 Å². The second-order valence-corrected chi connectivity index (χ2v) is 5.01. The van der Waals surface area contributed by atoms with Crippen molar-refractivity contribution in [1.29, 1.82) is 0 Å². The van der Waals surface area contributed by atoms with Crippen molar-refractivity contribution in [2.45, 2.75) is 12.1 Å². The molecule has 0 heterocycles. The number of nitrogens with two attached hydrogens (primary N) is 2. The van der Waals surface area contributed by atoms with E-state index < -0.39 is 24.0 Å². The average molecular weight is 264 g/mol. The van der Waals surface area contributed by atoms with Crippen LogP contribution in [0.3, 0.4) is 0 Å². The topological polar surface area (TPSA) is 127 Å². The maximum absolute atomic E-state index is 10.3. The van der Waals surface area contributed by atoms with E-state index in [1.165, 1.54) is 21.6 Å². The van der Waals surface area contributed by atoms with E-state index in [0.717, 1.165) is 0 Å². The van der Waals surface area contributed by atoms with E-state index >= 15 is 0 Å². The van der Waals surface area contributed by atoms with E-state index in [2.05, 4.69) is 0 Å². The van der Waals surface area contributed by atoms with Gasteiger partial charge in [0.15, 0.2) is 0 Å². The van der Waals surface area contributed by atoms with Crippen LogP contribution in [0.5, 0.6) is 0 Å². The van der Waals surface area contributed by atoms with Crippen molar-refractivity contribution in [3.63, 3.8) is 0 Å². The van der Waals surface area contributed by atoms with Gasteiger partial charge >= 0.3 is 41.5 Å². The third-order valence-electron chi connectivity index (χ3n) is 1.21. The number of rotatable bonds is 7. The summed E-state index contributed by atoms with van der Waals surface area (Å²) in [5.41, 5.74) is 10.4. The van der Waals surface area contributed by atoms with Crippen molar-refractivity contribution < 1.29 is 19.8 Å². The first-order chi connectivity index (χ1) is 6.45. The van der Waals surface area contributed by atoms with E-state index in [-0.39, 0.29) is 41.1 Å².